The lowest BCUT2D eigenvalue weighted by atomic mass is 10.2. The van der Waals surface area contributed by atoms with Crippen molar-refractivity contribution in [1.29, 1.82) is 0 Å². The van der Waals surface area contributed by atoms with Crippen LogP contribution < -0.4 is 5.32 Å². The van der Waals surface area contributed by atoms with E-state index in [9.17, 15) is 9.59 Å². The Hall–Kier alpha value is -1.27. The number of amides is 2. The van der Waals surface area contributed by atoms with Crippen LogP contribution in [0.3, 0.4) is 0 Å². The largest absolute Gasteiger partial charge is 0.354 e. The molecule has 2 amide bonds. The predicted molar refractivity (Wildman–Crippen MR) is 74.6 cm³/mol. The van der Waals surface area contributed by atoms with Gasteiger partial charge in [0.15, 0.2) is 0 Å². The van der Waals surface area contributed by atoms with Gasteiger partial charge >= 0.3 is 0 Å². The highest BCUT2D eigenvalue weighted by Crippen LogP contribution is 2.19. The van der Waals surface area contributed by atoms with Gasteiger partial charge in [0.2, 0.25) is 5.91 Å². The first-order valence-electron chi connectivity index (χ1n) is 5.87. The van der Waals surface area contributed by atoms with Gasteiger partial charge in [0.05, 0.1) is 5.03 Å². The Labute approximate surface area is 120 Å². The minimum Gasteiger partial charge on any atom is -0.354 e. The molecule has 0 saturated carbocycles. The minimum atomic E-state index is -0.115. The van der Waals surface area contributed by atoms with E-state index < -0.39 is 0 Å². The van der Waals surface area contributed by atoms with Crippen LogP contribution in [-0.4, -0.2) is 47.6 Å². The number of nitrogens with one attached hydrogen (secondary N) is 1. The van der Waals surface area contributed by atoms with E-state index >= 15 is 0 Å². The Morgan fingerprint density at radius 3 is 3.00 bits per heavy atom. The number of carbonyl (C=O) groups is 2. The molecule has 1 aliphatic rings. The zero-order valence-electron chi connectivity index (χ0n) is 10.5. The van der Waals surface area contributed by atoms with Crippen molar-refractivity contribution >= 4 is 35.2 Å². The first-order valence-corrected chi connectivity index (χ1v) is 7.48. The Morgan fingerprint density at radius 2 is 2.26 bits per heavy atom. The van der Waals surface area contributed by atoms with Gasteiger partial charge in [0.1, 0.15) is 5.15 Å². The fraction of sp³-hybridized carbons (Fsp3) is 0.417. The number of thioether (sulfide) groups is 1. The molecule has 0 spiro atoms. The molecule has 0 unspecified atom stereocenters. The Morgan fingerprint density at radius 1 is 1.47 bits per heavy atom. The van der Waals surface area contributed by atoms with Crippen molar-refractivity contribution in [1.82, 2.24) is 15.2 Å². The summed E-state index contributed by atoms with van der Waals surface area (Å²) in [6, 6.07) is 3.28. The van der Waals surface area contributed by atoms with E-state index in [-0.39, 0.29) is 11.8 Å². The zero-order valence-corrected chi connectivity index (χ0v) is 12.1. The van der Waals surface area contributed by atoms with Gasteiger partial charge in [-0.2, -0.15) is 0 Å². The molecule has 0 radical (unpaired) electrons. The number of hydrogen-bond acceptors (Lipinski definition) is 4. The molecule has 1 fully saturated rings. The number of halogens is 1. The molecule has 1 aliphatic heterocycles. The van der Waals surface area contributed by atoms with Crippen LogP contribution in [0.1, 0.15) is 16.8 Å². The average Bonchev–Trinajstić information content (AvgIpc) is 2.62. The molecule has 0 aliphatic carbocycles. The maximum atomic E-state index is 12.4. The average molecular weight is 300 g/mol. The van der Waals surface area contributed by atoms with Crippen molar-refractivity contribution in [2.45, 2.75) is 11.4 Å². The Balaban J connectivity index is 2.18. The van der Waals surface area contributed by atoms with Gasteiger partial charge in [0.25, 0.3) is 5.91 Å². The van der Waals surface area contributed by atoms with Crippen molar-refractivity contribution in [3.8, 4) is 0 Å². The third-order valence-corrected chi connectivity index (χ3v) is 3.65. The highest BCUT2D eigenvalue weighted by atomic mass is 35.5. The molecule has 5 nitrogen and oxygen atoms in total. The molecule has 0 atom stereocenters. The minimum absolute atomic E-state index is 0.0205. The lowest BCUT2D eigenvalue weighted by Crippen LogP contribution is -2.34. The third-order valence-electron chi connectivity index (χ3n) is 2.83. The molecular weight excluding hydrogens is 286 g/mol. The summed E-state index contributed by atoms with van der Waals surface area (Å²) in [5, 5.41) is 3.75. The SMILES string of the molecule is CSc1cc(C(=O)N2CCNC(=O)CC2)cc(Cl)n1. The van der Waals surface area contributed by atoms with Gasteiger partial charge in [-0.3, -0.25) is 9.59 Å². The number of aromatic nitrogens is 1. The van der Waals surface area contributed by atoms with Gasteiger partial charge in [-0.1, -0.05) is 11.6 Å². The molecule has 1 N–H and O–H groups in total. The summed E-state index contributed by atoms with van der Waals surface area (Å²) in [5.74, 6) is -0.135. The fourth-order valence-electron chi connectivity index (χ4n) is 1.85. The summed E-state index contributed by atoms with van der Waals surface area (Å²) < 4.78 is 0. The van der Waals surface area contributed by atoms with E-state index in [1.54, 1.807) is 17.0 Å². The van der Waals surface area contributed by atoms with Gasteiger partial charge in [0, 0.05) is 31.6 Å². The lowest BCUT2D eigenvalue weighted by Gasteiger charge is -2.19. The van der Waals surface area contributed by atoms with Crippen molar-refractivity contribution < 1.29 is 9.59 Å². The van der Waals surface area contributed by atoms with Crippen LogP contribution in [0.5, 0.6) is 0 Å². The van der Waals surface area contributed by atoms with Gasteiger partial charge in [-0.25, -0.2) is 4.98 Å². The molecule has 0 bridgehead atoms. The lowest BCUT2D eigenvalue weighted by molar-refractivity contribution is -0.120. The second kappa shape index (κ2) is 6.25. The molecule has 19 heavy (non-hydrogen) atoms. The topological polar surface area (TPSA) is 62.3 Å². The Kier molecular flexibility index (Phi) is 4.66. The summed E-state index contributed by atoms with van der Waals surface area (Å²) in [6.45, 7) is 1.43. The van der Waals surface area contributed by atoms with Crippen LogP contribution in [0.25, 0.3) is 0 Å². The number of rotatable bonds is 2. The number of hydrogen-bond donors (Lipinski definition) is 1. The van der Waals surface area contributed by atoms with Crippen LogP contribution in [-0.2, 0) is 4.79 Å². The van der Waals surface area contributed by atoms with E-state index in [1.165, 1.54) is 11.8 Å². The maximum absolute atomic E-state index is 12.4. The molecule has 102 valence electrons. The van der Waals surface area contributed by atoms with Crippen molar-refractivity contribution in [2.75, 3.05) is 25.9 Å². The summed E-state index contributed by atoms with van der Waals surface area (Å²) >= 11 is 7.34. The normalized spacial score (nSPS) is 15.9. The number of carbonyl (C=O) groups excluding carboxylic acids is 2. The van der Waals surface area contributed by atoms with Gasteiger partial charge in [-0.05, 0) is 18.4 Å². The van der Waals surface area contributed by atoms with Crippen molar-refractivity contribution in [3.05, 3.63) is 22.8 Å². The van der Waals surface area contributed by atoms with E-state index in [4.69, 9.17) is 11.6 Å². The van der Waals surface area contributed by atoms with Crippen molar-refractivity contribution in [3.63, 3.8) is 0 Å². The number of pyridine rings is 1. The van der Waals surface area contributed by atoms with E-state index in [0.29, 0.717) is 41.8 Å². The molecule has 1 aromatic heterocycles. The highest BCUT2D eigenvalue weighted by molar-refractivity contribution is 7.98. The van der Waals surface area contributed by atoms with E-state index in [2.05, 4.69) is 10.3 Å². The van der Waals surface area contributed by atoms with Crippen LogP contribution >= 0.6 is 23.4 Å². The van der Waals surface area contributed by atoms with Gasteiger partial charge < -0.3 is 10.2 Å². The first-order chi connectivity index (χ1) is 9.10. The summed E-state index contributed by atoms with van der Waals surface area (Å²) in [4.78, 5) is 29.4. The van der Waals surface area contributed by atoms with Gasteiger partial charge in [-0.15, -0.1) is 11.8 Å². The zero-order chi connectivity index (χ0) is 13.8. The number of nitrogens with zero attached hydrogens (tertiary/aromatic N) is 2. The second-order valence-electron chi connectivity index (χ2n) is 4.11. The molecule has 0 aromatic carbocycles. The van der Waals surface area contributed by atoms with Crippen LogP contribution in [0, 0.1) is 0 Å². The molecule has 2 rings (SSSR count). The third kappa shape index (κ3) is 3.61. The standard InChI is InChI=1S/C12H14ClN3O2S/c1-19-11-7-8(6-9(13)15-11)12(18)16-4-2-10(17)14-3-5-16/h6-7H,2-5H2,1H3,(H,14,17). The fourth-order valence-corrected chi connectivity index (χ4v) is 2.55. The van der Waals surface area contributed by atoms with Crippen molar-refractivity contribution in [2.24, 2.45) is 0 Å². The molecule has 1 saturated heterocycles. The monoisotopic (exact) mass is 299 g/mol. The molecule has 1 aromatic rings. The first kappa shape index (κ1) is 14.1. The summed E-state index contributed by atoms with van der Waals surface area (Å²) in [7, 11) is 0. The quantitative estimate of drug-likeness (QED) is 0.663. The smallest absolute Gasteiger partial charge is 0.254 e. The summed E-state index contributed by atoms with van der Waals surface area (Å²) in [6.07, 6.45) is 2.21. The van der Waals surface area contributed by atoms with Crippen LogP contribution in [0.15, 0.2) is 17.2 Å². The van der Waals surface area contributed by atoms with Crippen LogP contribution in [0.2, 0.25) is 5.15 Å². The molecular formula is C12H14ClN3O2S. The van der Waals surface area contributed by atoms with Crippen LogP contribution in [0.4, 0.5) is 0 Å². The predicted octanol–water partition coefficient (Wildman–Crippen LogP) is 1.42. The van der Waals surface area contributed by atoms with E-state index in [0.717, 1.165) is 0 Å². The van der Waals surface area contributed by atoms with E-state index in [1.807, 2.05) is 6.26 Å². The molecule has 2 heterocycles. The maximum Gasteiger partial charge on any atom is 0.254 e. The Bertz CT molecular complexity index is 510. The highest BCUT2D eigenvalue weighted by Gasteiger charge is 2.20. The second-order valence-corrected chi connectivity index (χ2v) is 5.33. The molecule has 7 heteroatoms. The summed E-state index contributed by atoms with van der Waals surface area (Å²) in [5.41, 5.74) is 0.513.